The van der Waals surface area contributed by atoms with E-state index in [4.69, 9.17) is 4.98 Å². The van der Waals surface area contributed by atoms with Gasteiger partial charge in [0.2, 0.25) is 5.43 Å². The molecule has 2 aromatic carbocycles. The Labute approximate surface area is 154 Å². The minimum absolute atomic E-state index is 0.0437. The lowest BCUT2D eigenvalue weighted by Gasteiger charge is -2.16. The fourth-order valence-corrected chi connectivity index (χ4v) is 4.14. The van der Waals surface area contributed by atoms with Crippen LogP contribution in [-0.2, 0) is 0 Å². The molecule has 130 valence electrons. The molecule has 0 saturated carbocycles. The molecule has 4 aromatic rings. The zero-order valence-electron chi connectivity index (χ0n) is 14.8. The van der Waals surface area contributed by atoms with Gasteiger partial charge in [0.25, 0.3) is 5.56 Å². The standard InChI is InChI=1S/C21H18N2O2S/c1-12(2)19-22-20-17(18(24)15-6-4-5-7-16(15)26-20)21(25)23(19)14-10-8-13(3)9-11-14/h4-12H,1-3H3. The number of aryl methyl sites for hydroxylation is 1. The second-order valence-electron chi connectivity index (χ2n) is 6.71. The van der Waals surface area contributed by atoms with Crippen molar-refractivity contribution in [1.29, 1.82) is 0 Å². The molecule has 2 heterocycles. The van der Waals surface area contributed by atoms with Gasteiger partial charge in [-0.25, -0.2) is 4.98 Å². The van der Waals surface area contributed by atoms with Crippen molar-refractivity contribution in [2.24, 2.45) is 0 Å². The van der Waals surface area contributed by atoms with Gasteiger partial charge in [-0.05, 0) is 31.2 Å². The Balaban J connectivity index is 2.19. The second-order valence-corrected chi connectivity index (χ2v) is 7.74. The molecule has 0 bridgehead atoms. The Morgan fingerprint density at radius 1 is 1.00 bits per heavy atom. The van der Waals surface area contributed by atoms with Crippen molar-refractivity contribution in [2.45, 2.75) is 26.7 Å². The SMILES string of the molecule is Cc1ccc(-n2c(C(C)C)nc3sc4ccccc4c(=O)c3c2=O)cc1. The highest BCUT2D eigenvalue weighted by Crippen LogP contribution is 2.24. The lowest BCUT2D eigenvalue weighted by Crippen LogP contribution is -2.28. The molecular formula is C21H18N2O2S. The summed E-state index contributed by atoms with van der Waals surface area (Å²) in [5, 5.41) is 0.732. The molecule has 0 aliphatic heterocycles. The molecule has 0 aliphatic rings. The van der Waals surface area contributed by atoms with Crippen LogP contribution in [0.3, 0.4) is 0 Å². The summed E-state index contributed by atoms with van der Waals surface area (Å²) >= 11 is 1.39. The van der Waals surface area contributed by atoms with Crippen molar-refractivity contribution < 1.29 is 0 Å². The number of hydrogen-bond acceptors (Lipinski definition) is 4. The van der Waals surface area contributed by atoms with Crippen LogP contribution in [-0.4, -0.2) is 9.55 Å². The van der Waals surface area contributed by atoms with Gasteiger partial charge in [0.05, 0.1) is 5.69 Å². The van der Waals surface area contributed by atoms with Crippen molar-refractivity contribution in [2.75, 3.05) is 0 Å². The molecule has 0 saturated heterocycles. The molecule has 2 aromatic heterocycles. The van der Waals surface area contributed by atoms with Crippen LogP contribution in [0.1, 0.15) is 31.2 Å². The Morgan fingerprint density at radius 3 is 2.38 bits per heavy atom. The predicted molar refractivity (Wildman–Crippen MR) is 108 cm³/mol. The first kappa shape index (κ1) is 16.7. The average Bonchev–Trinajstić information content (AvgIpc) is 2.62. The van der Waals surface area contributed by atoms with Crippen molar-refractivity contribution >= 4 is 31.6 Å². The molecule has 0 N–H and O–H groups in total. The molecule has 26 heavy (non-hydrogen) atoms. The normalized spacial score (nSPS) is 11.5. The van der Waals surface area contributed by atoms with Gasteiger partial charge < -0.3 is 0 Å². The van der Waals surface area contributed by atoms with Crippen molar-refractivity contribution in [3.8, 4) is 5.69 Å². The van der Waals surface area contributed by atoms with Crippen LogP contribution in [0.2, 0.25) is 0 Å². The molecule has 4 nitrogen and oxygen atoms in total. The van der Waals surface area contributed by atoms with Gasteiger partial charge in [0.1, 0.15) is 16.0 Å². The van der Waals surface area contributed by atoms with Gasteiger partial charge in [-0.3, -0.25) is 14.2 Å². The van der Waals surface area contributed by atoms with Gasteiger partial charge in [-0.1, -0.05) is 43.7 Å². The van der Waals surface area contributed by atoms with E-state index in [0.29, 0.717) is 16.0 Å². The first-order valence-electron chi connectivity index (χ1n) is 8.53. The Hall–Kier alpha value is -2.79. The molecule has 0 aliphatic carbocycles. The predicted octanol–water partition coefficient (Wildman–Crippen LogP) is 4.39. The largest absolute Gasteiger partial charge is 0.288 e. The highest BCUT2D eigenvalue weighted by Gasteiger charge is 2.19. The summed E-state index contributed by atoms with van der Waals surface area (Å²) in [6.07, 6.45) is 0. The highest BCUT2D eigenvalue weighted by atomic mass is 32.1. The zero-order valence-corrected chi connectivity index (χ0v) is 15.6. The molecule has 0 atom stereocenters. The maximum atomic E-state index is 13.3. The van der Waals surface area contributed by atoms with E-state index >= 15 is 0 Å². The third-order valence-corrected chi connectivity index (χ3v) is 5.51. The molecule has 5 heteroatoms. The summed E-state index contributed by atoms with van der Waals surface area (Å²) in [6.45, 7) is 6.00. The van der Waals surface area contributed by atoms with Crippen LogP contribution in [0, 0.1) is 6.92 Å². The number of aromatic nitrogens is 2. The Bertz CT molecular complexity index is 1250. The summed E-state index contributed by atoms with van der Waals surface area (Å²) in [4.78, 5) is 31.5. The topological polar surface area (TPSA) is 52.0 Å². The molecule has 0 amide bonds. The summed E-state index contributed by atoms with van der Waals surface area (Å²) in [6, 6.07) is 15.1. The molecule has 0 spiro atoms. The molecule has 0 unspecified atom stereocenters. The quantitative estimate of drug-likeness (QED) is 0.497. The number of benzene rings is 2. The maximum Gasteiger partial charge on any atom is 0.270 e. The first-order chi connectivity index (χ1) is 12.5. The monoisotopic (exact) mass is 362 g/mol. The van der Waals surface area contributed by atoms with Crippen LogP contribution in [0.4, 0.5) is 0 Å². The number of hydrogen-bond donors (Lipinski definition) is 0. The number of rotatable bonds is 2. The van der Waals surface area contributed by atoms with Crippen molar-refractivity contribution in [3.63, 3.8) is 0 Å². The first-order valence-corrected chi connectivity index (χ1v) is 9.34. The van der Waals surface area contributed by atoms with E-state index in [0.717, 1.165) is 16.0 Å². The van der Waals surface area contributed by atoms with Crippen molar-refractivity contribution in [3.05, 3.63) is 80.5 Å². The summed E-state index contributed by atoms with van der Waals surface area (Å²) in [7, 11) is 0. The summed E-state index contributed by atoms with van der Waals surface area (Å²) in [5.41, 5.74) is 1.30. The van der Waals surface area contributed by atoms with Gasteiger partial charge in [-0.2, -0.15) is 0 Å². The third kappa shape index (κ3) is 2.56. The minimum atomic E-state index is -0.297. The molecule has 0 fully saturated rings. The summed E-state index contributed by atoms with van der Waals surface area (Å²) in [5.74, 6) is 0.708. The number of fused-ring (bicyclic) bond motifs is 2. The van der Waals surface area contributed by atoms with Gasteiger partial charge in [0, 0.05) is 16.0 Å². The van der Waals surface area contributed by atoms with E-state index < -0.39 is 0 Å². The average molecular weight is 362 g/mol. The minimum Gasteiger partial charge on any atom is -0.288 e. The van der Waals surface area contributed by atoms with E-state index in [9.17, 15) is 9.59 Å². The van der Waals surface area contributed by atoms with Crippen LogP contribution < -0.4 is 11.0 Å². The van der Waals surface area contributed by atoms with E-state index in [-0.39, 0.29) is 22.3 Å². The van der Waals surface area contributed by atoms with Gasteiger partial charge in [0.15, 0.2) is 0 Å². The zero-order chi connectivity index (χ0) is 18.4. The smallest absolute Gasteiger partial charge is 0.270 e. The maximum absolute atomic E-state index is 13.3. The van der Waals surface area contributed by atoms with Crippen LogP contribution in [0.25, 0.3) is 26.0 Å². The van der Waals surface area contributed by atoms with Gasteiger partial charge >= 0.3 is 0 Å². The highest BCUT2D eigenvalue weighted by molar-refractivity contribution is 7.24. The van der Waals surface area contributed by atoms with Crippen LogP contribution in [0.5, 0.6) is 0 Å². The Kier molecular flexibility index (Phi) is 3.96. The summed E-state index contributed by atoms with van der Waals surface area (Å²) < 4.78 is 2.43. The second kappa shape index (κ2) is 6.18. The lowest BCUT2D eigenvalue weighted by molar-refractivity contribution is 0.724. The molecular weight excluding hydrogens is 344 g/mol. The van der Waals surface area contributed by atoms with Gasteiger partial charge in [-0.15, -0.1) is 11.3 Å². The molecule has 0 radical (unpaired) electrons. The van der Waals surface area contributed by atoms with E-state index in [2.05, 4.69) is 0 Å². The molecule has 4 rings (SSSR count). The fourth-order valence-electron chi connectivity index (χ4n) is 3.10. The van der Waals surface area contributed by atoms with E-state index in [1.165, 1.54) is 11.3 Å². The lowest BCUT2D eigenvalue weighted by atomic mass is 10.1. The van der Waals surface area contributed by atoms with Crippen LogP contribution >= 0.6 is 11.3 Å². The fraction of sp³-hybridized carbons (Fsp3) is 0.190. The van der Waals surface area contributed by atoms with E-state index in [1.807, 2.05) is 63.2 Å². The number of nitrogens with zero attached hydrogens (tertiary/aromatic N) is 2. The Morgan fingerprint density at radius 2 is 1.69 bits per heavy atom. The third-order valence-electron chi connectivity index (χ3n) is 4.45. The van der Waals surface area contributed by atoms with E-state index in [1.54, 1.807) is 10.6 Å². The van der Waals surface area contributed by atoms with Crippen molar-refractivity contribution in [1.82, 2.24) is 9.55 Å². The van der Waals surface area contributed by atoms with Crippen LogP contribution in [0.15, 0.2) is 58.1 Å².